The van der Waals surface area contributed by atoms with Crippen molar-refractivity contribution in [2.75, 3.05) is 29.5 Å². The number of hydrogen-bond donors (Lipinski definition) is 1. The van der Waals surface area contributed by atoms with Gasteiger partial charge in [-0.15, -0.1) is 0 Å². The van der Waals surface area contributed by atoms with E-state index in [0.29, 0.717) is 13.1 Å². The Labute approximate surface area is 112 Å². The zero-order valence-electron chi connectivity index (χ0n) is 10.3. The smallest absolute Gasteiger partial charge is 0.328 e. The number of benzene rings is 1. The number of hydrogen-bond acceptors (Lipinski definition) is 4. The van der Waals surface area contributed by atoms with Gasteiger partial charge in [0.2, 0.25) is 0 Å². The molecular formula is C13H15NO4S. The summed E-state index contributed by atoms with van der Waals surface area (Å²) in [4.78, 5) is 12.5. The summed E-state index contributed by atoms with van der Waals surface area (Å²) in [6.07, 6.45) is 2.60. The van der Waals surface area contributed by atoms with Crippen molar-refractivity contribution in [3.05, 3.63) is 35.9 Å². The molecule has 1 fully saturated rings. The number of nitrogens with zero attached hydrogens (tertiary/aromatic N) is 1. The average Bonchev–Trinajstić information content (AvgIpc) is 2.37. The van der Waals surface area contributed by atoms with Gasteiger partial charge in [0.1, 0.15) is 0 Å². The van der Waals surface area contributed by atoms with E-state index >= 15 is 0 Å². The summed E-state index contributed by atoms with van der Waals surface area (Å²) in [5.41, 5.74) is 1.70. The van der Waals surface area contributed by atoms with Gasteiger partial charge in [-0.1, -0.05) is 12.1 Å². The van der Waals surface area contributed by atoms with Crippen molar-refractivity contribution in [1.82, 2.24) is 0 Å². The Hall–Kier alpha value is -1.82. The number of anilines is 1. The van der Waals surface area contributed by atoms with Crippen LogP contribution in [0.4, 0.5) is 5.69 Å². The lowest BCUT2D eigenvalue weighted by Gasteiger charge is -2.28. The lowest BCUT2D eigenvalue weighted by atomic mass is 10.1. The van der Waals surface area contributed by atoms with Crippen molar-refractivity contribution < 1.29 is 18.3 Å². The van der Waals surface area contributed by atoms with E-state index in [1.165, 1.54) is 6.08 Å². The fourth-order valence-corrected chi connectivity index (χ4v) is 3.16. The van der Waals surface area contributed by atoms with Crippen LogP contribution in [-0.4, -0.2) is 44.1 Å². The molecule has 1 aromatic rings. The molecule has 0 unspecified atom stereocenters. The SMILES string of the molecule is O=C(O)/C=C/c1cccc(N2CCS(=O)(=O)CC2)c1. The van der Waals surface area contributed by atoms with Crippen LogP contribution in [0.15, 0.2) is 30.3 Å². The zero-order chi connectivity index (χ0) is 13.9. The third kappa shape index (κ3) is 3.82. The second-order valence-electron chi connectivity index (χ2n) is 4.41. The first kappa shape index (κ1) is 13.6. The van der Waals surface area contributed by atoms with Crippen LogP contribution in [0.3, 0.4) is 0 Å². The van der Waals surface area contributed by atoms with Gasteiger partial charge in [0.25, 0.3) is 0 Å². The first-order valence-electron chi connectivity index (χ1n) is 5.93. The highest BCUT2D eigenvalue weighted by Gasteiger charge is 2.21. The minimum atomic E-state index is -2.89. The zero-order valence-corrected chi connectivity index (χ0v) is 11.1. The molecule has 2 rings (SSSR count). The molecule has 0 bridgehead atoms. The molecule has 1 saturated heterocycles. The molecule has 1 N–H and O–H groups in total. The third-order valence-electron chi connectivity index (χ3n) is 3.00. The van der Waals surface area contributed by atoms with Crippen molar-refractivity contribution >= 4 is 27.6 Å². The third-order valence-corrected chi connectivity index (χ3v) is 4.61. The van der Waals surface area contributed by atoms with Crippen LogP contribution in [-0.2, 0) is 14.6 Å². The summed E-state index contributed by atoms with van der Waals surface area (Å²) in [6.45, 7) is 0.961. The van der Waals surface area contributed by atoms with Crippen LogP contribution in [0.1, 0.15) is 5.56 Å². The van der Waals surface area contributed by atoms with E-state index in [0.717, 1.165) is 17.3 Å². The molecule has 0 aliphatic carbocycles. The van der Waals surface area contributed by atoms with Gasteiger partial charge in [0, 0.05) is 24.9 Å². The number of carboxylic acid groups (broad SMARTS) is 1. The maximum atomic E-state index is 11.4. The van der Waals surface area contributed by atoms with Crippen LogP contribution in [0.2, 0.25) is 0 Å². The molecule has 0 saturated carbocycles. The summed E-state index contributed by atoms with van der Waals surface area (Å²) in [7, 11) is -2.89. The summed E-state index contributed by atoms with van der Waals surface area (Å²) in [6, 6.07) is 7.40. The van der Waals surface area contributed by atoms with E-state index in [2.05, 4.69) is 0 Å². The Balaban J connectivity index is 2.13. The van der Waals surface area contributed by atoms with E-state index in [1.807, 2.05) is 29.2 Å². The second kappa shape index (κ2) is 5.44. The molecular weight excluding hydrogens is 266 g/mol. The van der Waals surface area contributed by atoms with Gasteiger partial charge in [-0.05, 0) is 23.8 Å². The van der Waals surface area contributed by atoms with Crippen LogP contribution in [0.5, 0.6) is 0 Å². The molecule has 0 radical (unpaired) electrons. The average molecular weight is 281 g/mol. The highest BCUT2D eigenvalue weighted by molar-refractivity contribution is 7.91. The van der Waals surface area contributed by atoms with Crippen LogP contribution in [0.25, 0.3) is 6.08 Å². The van der Waals surface area contributed by atoms with Gasteiger partial charge in [-0.2, -0.15) is 0 Å². The molecule has 0 aromatic heterocycles. The minimum absolute atomic E-state index is 0.169. The van der Waals surface area contributed by atoms with Crippen molar-refractivity contribution in [3.63, 3.8) is 0 Å². The van der Waals surface area contributed by atoms with Crippen LogP contribution >= 0.6 is 0 Å². The maximum Gasteiger partial charge on any atom is 0.328 e. The minimum Gasteiger partial charge on any atom is -0.478 e. The van der Waals surface area contributed by atoms with Gasteiger partial charge in [0.05, 0.1) is 11.5 Å². The van der Waals surface area contributed by atoms with Crippen molar-refractivity contribution in [1.29, 1.82) is 0 Å². The quantitative estimate of drug-likeness (QED) is 0.837. The first-order chi connectivity index (χ1) is 8.96. The summed E-state index contributed by atoms with van der Waals surface area (Å²) in [5.74, 6) is -0.654. The number of carbonyl (C=O) groups is 1. The number of sulfone groups is 1. The normalized spacial score (nSPS) is 18.6. The molecule has 1 aliphatic heterocycles. The molecule has 19 heavy (non-hydrogen) atoms. The van der Waals surface area contributed by atoms with Gasteiger partial charge < -0.3 is 10.0 Å². The monoisotopic (exact) mass is 281 g/mol. The van der Waals surface area contributed by atoms with Crippen LogP contribution < -0.4 is 4.90 Å². The van der Waals surface area contributed by atoms with E-state index in [9.17, 15) is 13.2 Å². The van der Waals surface area contributed by atoms with Gasteiger partial charge in [0.15, 0.2) is 9.84 Å². The Bertz CT molecular complexity index is 593. The first-order valence-corrected chi connectivity index (χ1v) is 7.75. The Morgan fingerprint density at radius 3 is 2.58 bits per heavy atom. The molecule has 0 amide bonds. The largest absolute Gasteiger partial charge is 0.478 e. The highest BCUT2D eigenvalue weighted by atomic mass is 32.2. The fourth-order valence-electron chi connectivity index (χ4n) is 1.96. The lowest BCUT2D eigenvalue weighted by molar-refractivity contribution is -0.131. The second-order valence-corrected chi connectivity index (χ2v) is 6.71. The molecule has 0 atom stereocenters. The molecule has 6 heteroatoms. The predicted octanol–water partition coefficient (Wildman–Crippen LogP) is 1.02. The van der Waals surface area contributed by atoms with Gasteiger partial charge in [-0.3, -0.25) is 0 Å². The number of rotatable bonds is 3. The van der Waals surface area contributed by atoms with Crippen molar-refractivity contribution in [2.24, 2.45) is 0 Å². The van der Waals surface area contributed by atoms with E-state index in [1.54, 1.807) is 0 Å². The summed E-state index contributed by atoms with van der Waals surface area (Å²) < 4.78 is 22.7. The Morgan fingerprint density at radius 1 is 1.26 bits per heavy atom. The van der Waals surface area contributed by atoms with Crippen molar-refractivity contribution in [3.8, 4) is 0 Å². The van der Waals surface area contributed by atoms with E-state index < -0.39 is 15.8 Å². The standard InChI is InChI=1S/C13H15NO4S/c15-13(16)5-4-11-2-1-3-12(10-11)14-6-8-19(17,18)9-7-14/h1-5,10H,6-9H2,(H,15,16)/b5-4+. The molecule has 0 spiro atoms. The Kier molecular flexibility index (Phi) is 3.90. The highest BCUT2D eigenvalue weighted by Crippen LogP contribution is 2.19. The van der Waals surface area contributed by atoms with E-state index in [4.69, 9.17) is 5.11 Å². The van der Waals surface area contributed by atoms with Crippen LogP contribution in [0, 0.1) is 0 Å². The topological polar surface area (TPSA) is 74.7 Å². The molecule has 5 nitrogen and oxygen atoms in total. The summed E-state index contributed by atoms with van der Waals surface area (Å²) >= 11 is 0. The molecule has 102 valence electrons. The number of aliphatic carboxylic acids is 1. The fraction of sp³-hybridized carbons (Fsp3) is 0.308. The lowest BCUT2D eigenvalue weighted by Crippen LogP contribution is -2.40. The summed E-state index contributed by atoms with van der Waals surface area (Å²) in [5, 5.41) is 8.59. The van der Waals surface area contributed by atoms with Gasteiger partial charge >= 0.3 is 5.97 Å². The molecule has 1 aliphatic rings. The Morgan fingerprint density at radius 2 is 1.95 bits per heavy atom. The molecule has 1 heterocycles. The number of carboxylic acids is 1. The maximum absolute atomic E-state index is 11.4. The van der Waals surface area contributed by atoms with E-state index in [-0.39, 0.29) is 11.5 Å². The predicted molar refractivity (Wildman–Crippen MR) is 74.0 cm³/mol. The van der Waals surface area contributed by atoms with Crippen molar-refractivity contribution in [2.45, 2.75) is 0 Å². The molecule has 1 aromatic carbocycles. The van der Waals surface area contributed by atoms with Gasteiger partial charge in [-0.25, -0.2) is 13.2 Å².